The van der Waals surface area contributed by atoms with Crippen molar-refractivity contribution in [2.75, 3.05) is 19.8 Å². The number of unbranched alkanes of at least 4 members (excludes halogenated alkanes) is 1. The van der Waals surface area contributed by atoms with Crippen LogP contribution in [-0.2, 0) is 4.74 Å². The highest BCUT2D eigenvalue weighted by Gasteiger charge is 1.98. The van der Waals surface area contributed by atoms with Crippen molar-refractivity contribution < 1.29 is 4.74 Å². The summed E-state index contributed by atoms with van der Waals surface area (Å²) in [5.74, 6) is 0. The van der Waals surface area contributed by atoms with Crippen LogP contribution in [-0.4, -0.2) is 25.8 Å². The van der Waals surface area contributed by atoms with E-state index in [4.69, 9.17) is 4.74 Å². The van der Waals surface area contributed by atoms with Crippen LogP contribution < -0.4 is 5.32 Å². The van der Waals surface area contributed by atoms with Gasteiger partial charge in [-0.2, -0.15) is 0 Å². The number of rotatable bonds is 9. The maximum Gasteiger partial charge on any atom is 0.0480 e. The van der Waals surface area contributed by atoms with Gasteiger partial charge in [0.15, 0.2) is 0 Å². The minimum Gasteiger partial charge on any atom is -0.381 e. The van der Waals surface area contributed by atoms with Crippen molar-refractivity contribution >= 4 is 0 Å². The Morgan fingerprint density at radius 2 is 1.92 bits per heavy atom. The highest BCUT2D eigenvalue weighted by Crippen LogP contribution is 1.94. The van der Waals surface area contributed by atoms with Crippen LogP contribution in [0.25, 0.3) is 0 Å². The predicted octanol–water partition coefficient (Wildman–Crippen LogP) is 2.58. The smallest absolute Gasteiger partial charge is 0.0480 e. The van der Waals surface area contributed by atoms with Crippen LogP contribution >= 0.6 is 0 Å². The molecular weight excluding hydrogens is 162 g/mol. The van der Waals surface area contributed by atoms with Crippen LogP contribution in [0.4, 0.5) is 0 Å². The molecule has 0 aromatic carbocycles. The van der Waals surface area contributed by atoms with E-state index >= 15 is 0 Å². The summed E-state index contributed by atoms with van der Waals surface area (Å²) in [6.45, 7) is 9.55. The van der Waals surface area contributed by atoms with E-state index in [9.17, 15) is 0 Å². The maximum absolute atomic E-state index is 5.48. The minimum absolute atomic E-state index is 0.599. The van der Waals surface area contributed by atoms with E-state index in [2.05, 4.69) is 26.1 Å². The molecule has 0 bridgehead atoms. The zero-order valence-corrected chi connectivity index (χ0v) is 9.44. The zero-order valence-electron chi connectivity index (χ0n) is 9.44. The number of nitrogens with one attached hydrogen (secondary N) is 1. The van der Waals surface area contributed by atoms with Gasteiger partial charge in [-0.25, -0.2) is 0 Å². The van der Waals surface area contributed by atoms with Gasteiger partial charge in [0.25, 0.3) is 0 Å². The molecule has 0 aliphatic rings. The average Bonchev–Trinajstić information content (AvgIpc) is 2.14. The van der Waals surface area contributed by atoms with Crippen LogP contribution in [0.2, 0.25) is 0 Å². The third kappa shape index (κ3) is 9.84. The Labute approximate surface area is 83.1 Å². The van der Waals surface area contributed by atoms with Crippen molar-refractivity contribution in [2.24, 2.45) is 0 Å². The molecule has 0 saturated heterocycles. The Balaban J connectivity index is 3.03. The SMILES string of the molecule is CCCCOCCC(C)NCCC. The molecule has 0 spiro atoms. The molecule has 0 aliphatic heterocycles. The van der Waals surface area contributed by atoms with E-state index < -0.39 is 0 Å². The lowest BCUT2D eigenvalue weighted by Crippen LogP contribution is -2.27. The highest BCUT2D eigenvalue weighted by atomic mass is 16.5. The molecule has 0 fully saturated rings. The second kappa shape index (κ2) is 10.0. The second-order valence-corrected chi connectivity index (χ2v) is 3.61. The summed E-state index contributed by atoms with van der Waals surface area (Å²) in [6.07, 6.45) is 4.76. The summed E-state index contributed by atoms with van der Waals surface area (Å²) in [5, 5.41) is 3.44. The Morgan fingerprint density at radius 1 is 1.15 bits per heavy atom. The molecular formula is C11H25NO. The molecule has 0 rings (SSSR count). The van der Waals surface area contributed by atoms with Gasteiger partial charge in [0.05, 0.1) is 0 Å². The molecule has 1 unspecified atom stereocenters. The third-order valence-corrected chi connectivity index (χ3v) is 2.08. The van der Waals surface area contributed by atoms with Crippen molar-refractivity contribution in [3.63, 3.8) is 0 Å². The van der Waals surface area contributed by atoms with Gasteiger partial charge < -0.3 is 10.1 Å². The van der Waals surface area contributed by atoms with Gasteiger partial charge in [-0.1, -0.05) is 20.3 Å². The lowest BCUT2D eigenvalue weighted by Gasteiger charge is -2.12. The largest absolute Gasteiger partial charge is 0.381 e. The van der Waals surface area contributed by atoms with Gasteiger partial charge in [0.1, 0.15) is 0 Å². The molecule has 0 aromatic heterocycles. The molecule has 1 N–H and O–H groups in total. The van der Waals surface area contributed by atoms with E-state index in [0.717, 1.165) is 26.2 Å². The summed E-state index contributed by atoms with van der Waals surface area (Å²) < 4.78 is 5.48. The molecule has 0 aliphatic carbocycles. The molecule has 0 heterocycles. The zero-order chi connectivity index (χ0) is 9.94. The van der Waals surface area contributed by atoms with Crippen LogP contribution in [0.1, 0.15) is 46.5 Å². The molecule has 0 saturated carbocycles. The Bertz CT molecular complexity index is 96.1. The average molecular weight is 187 g/mol. The fourth-order valence-corrected chi connectivity index (χ4v) is 1.10. The van der Waals surface area contributed by atoms with E-state index in [-0.39, 0.29) is 0 Å². The molecule has 0 amide bonds. The Morgan fingerprint density at radius 3 is 2.54 bits per heavy atom. The lowest BCUT2D eigenvalue weighted by atomic mass is 10.2. The fraction of sp³-hybridized carbons (Fsp3) is 1.00. The summed E-state index contributed by atoms with van der Waals surface area (Å²) in [7, 11) is 0. The highest BCUT2D eigenvalue weighted by molar-refractivity contribution is 4.58. The number of ether oxygens (including phenoxy) is 1. The first-order valence-corrected chi connectivity index (χ1v) is 5.62. The summed E-state index contributed by atoms with van der Waals surface area (Å²) in [4.78, 5) is 0. The molecule has 0 radical (unpaired) electrons. The Kier molecular flexibility index (Phi) is 9.94. The van der Waals surface area contributed by atoms with Crippen LogP contribution in [0.3, 0.4) is 0 Å². The van der Waals surface area contributed by atoms with Gasteiger partial charge in [0, 0.05) is 19.3 Å². The predicted molar refractivity (Wildman–Crippen MR) is 58.1 cm³/mol. The summed E-state index contributed by atoms with van der Waals surface area (Å²) in [5.41, 5.74) is 0. The number of hydrogen-bond acceptors (Lipinski definition) is 2. The maximum atomic E-state index is 5.48. The van der Waals surface area contributed by atoms with E-state index in [1.165, 1.54) is 19.3 Å². The quantitative estimate of drug-likeness (QED) is 0.560. The normalized spacial score (nSPS) is 13.2. The molecule has 1 atom stereocenters. The minimum atomic E-state index is 0.599. The molecule has 0 aromatic rings. The van der Waals surface area contributed by atoms with Gasteiger partial charge in [0.2, 0.25) is 0 Å². The van der Waals surface area contributed by atoms with E-state index in [1.54, 1.807) is 0 Å². The van der Waals surface area contributed by atoms with Gasteiger partial charge in [-0.15, -0.1) is 0 Å². The topological polar surface area (TPSA) is 21.3 Å². The molecule has 80 valence electrons. The van der Waals surface area contributed by atoms with Crippen molar-refractivity contribution in [1.82, 2.24) is 5.32 Å². The molecule has 2 heteroatoms. The van der Waals surface area contributed by atoms with Gasteiger partial charge >= 0.3 is 0 Å². The standard InChI is InChI=1S/C11H25NO/c1-4-6-9-13-10-7-11(3)12-8-5-2/h11-12H,4-10H2,1-3H3. The fourth-order valence-electron chi connectivity index (χ4n) is 1.10. The van der Waals surface area contributed by atoms with Crippen molar-refractivity contribution in [1.29, 1.82) is 0 Å². The van der Waals surface area contributed by atoms with E-state index in [1.807, 2.05) is 0 Å². The lowest BCUT2D eigenvalue weighted by molar-refractivity contribution is 0.122. The van der Waals surface area contributed by atoms with Crippen molar-refractivity contribution in [2.45, 2.75) is 52.5 Å². The monoisotopic (exact) mass is 187 g/mol. The van der Waals surface area contributed by atoms with Crippen molar-refractivity contribution in [3.05, 3.63) is 0 Å². The van der Waals surface area contributed by atoms with Gasteiger partial charge in [-0.3, -0.25) is 0 Å². The van der Waals surface area contributed by atoms with Crippen LogP contribution in [0.15, 0.2) is 0 Å². The molecule has 13 heavy (non-hydrogen) atoms. The first-order valence-electron chi connectivity index (χ1n) is 5.62. The first kappa shape index (κ1) is 12.9. The molecule has 2 nitrogen and oxygen atoms in total. The second-order valence-electron chi connectivity index (χ2n) is 3.61. The first-order chi connectivity index (χ1) is 6.31. The van der Waals surface area contributed by atoms with Crippen molar-refractivity contribution in [3.8, 4) is 0 Å². The summed E-state index contributed by atoms with van der Waals surface area (Å²) in [6, 6.07) is 0.599. The Hall–Kier alpha value is -0.0800. The number of hydrogen-bond donors (Lipinski definition) is 1. The van der Waals surface area contributed by atoms with E-state index in [0.29, 0.717) is 6.04 Å². The summed E-state index contributed by atoms with van der Waals surface area (Å²) >= 11 is 0. The third-order valence-electron chi connectivity index (χ3n) is 2.08. The van der Waals surface area contributed by atoms with Crippen LogP contribution in [0.5, 0.6) is 0 Å². The van der Waals surface area contributed by atoms with Crippen LogP contribution in [0, 0.1) is 0 Å². The van der Waals surface area contributed by atoms with Gasteiger partial charge in [-0.05, 0) is 32.7 Å².